The minimum absolute atomic E-state index is 1.09. The van der Waals surface area contributed by atoms with Crippen molar-refractivity contribution >= 4 is 15.9 Å². The Balaban J connectivity index is 2.14. The van der Waals surface area contributed by atoms with Crippen LogP contribution in [0.1, 0.15) is 61.8 Å². The summed E-state index contributed by atoms with van der Waals surface area (Å²) in [4.78, 5) is 0. The highest BCUT2D eigenvalue weighted by atomic mass is 79.9. The van der Waals surface area contributed by atoms with E-state index in [2.05, 4.69) is 60.1 Å². The van der Waals surface area contributed by atoms with Crippen LogP contribution < -0.4 is 0 Å². The van der Waals surface area contributed by atoms with Crippen molar-refractivity contribution in [2.24, 2.45) is 0 Å². The van der Waals surface area contributed by atoms with E-state index < -0.39 is 0 Å². The fourth-order valence-electron chi connectivity index (χ4n) is 3.65. The minimum atomic E-state index is 1.09. The van der Waals surface area contributed by atoms with Gasteiger partial charge in [0.15, 0.2) is 0 Å². The quantitative estimate of drug-likeness (QED) is 0.460. The van der Waals surface area contributed by atoms with Crippen molar-refractivity contribution < 1.29 is 0 Å². The number of hydrogen-bond donors (Lipinski definition) is 0. The van der Waals surface area contributed by atoms with Crippen molar-refractivity contribution in [3.63, 3.8) is 0 Å². The lowest BCUT2D eigenvalue weighted by Crippen LogP contribution is -2.01. The Morgan fingerprint density at radius 1 is 0.909 bits per heavy atom. The van der Waals surface area contributed by atoms with Gasteiger partial charge in [-0.15, -0.1) is 0 Å². The van der Waals surface area contributed by atoms with Crippen LogP contribution in [0, 0.1) is 0 Å². The second-order valence-corrected chi connectivity index (χ2v) is 7.24. The second kappa shape index (κ2) is 7.00. The molecule has 0 unspecified atom stereocenters. The zero-order chi connectivity index (χ0) is 15.5. The first-order chi connectivity index (χ1) is 10.8. The van der Waals surface area contributed by atoms with Gasteiger partial charge in [-0.2, -0.15) is 0 Å². The summed E-state index contributed by atoms with van der Waals surface area (Å²) >= 11 is 3.87. The average molecular weight is 357 g/mol. The number of hydrogen-bond acceptors (Lipinski definition) is 0. The number of benzene rings is 2. The number of halogens is 1. The molecule has 0 aromatic heterocycles. The lowest BCUT2D eigenvalue weighted by atomic mass is 9.89. The van der Waals surface area contributed by atoms with Gasteiger partial charge in [-0.1, -0.05) is 66.9 Å². The molecule has 2 aromatic carbocycles. The van der Waals surface area contributed by atoms with Gasteiger partial charge in [0.2, 0.25) is 0 Å². The van der Waals surface area contributed by atoms with E-state index in [9.17, 15) is 0 Å². The van der Waals surface area contributed by atoms with Gasteiger partial charge in [0.25, 0.3) is 0 Å². The second-order valence-electron chi connectivity index (χ2n) is 6.39. The lowest BCUT2D eigenvalue weighted by molar-refractivity contribution is 0.756. The molecule has 0 amide bonds. The van der Waals surface area contributed by atoms with Gasteiger partial charge in [-0.05, 0) is 71.6 Å². The molecule has 3 rings (SSSR count). The SMILES string of the molecule is CCCCc1c(Br)cc2c(c1CCCC)-c1ccccc1C2. The molecule has 0 heterocycles. The first kappa shape index (κ1) is 15.8. The van der Waals surface area contributed by atoms with E-state index in [1.54, 1.807) is 16.7 Å². The Kier molecular flexibility index (Phi) is 5.03. The van der Waals surface area contributed by atoms with Crippen LogP contribution in [0.3, 0.4) is 0 Å². The molecule has 0 N–H and O–H groups in total. The Labute approximate surface area is 143 Å². The summed E-state index contributed by atoms with van der Waals surface area (Å²) in [5.74, 6) is 0. The molecule has 0 spiro atoms. The molecule has 1 heteroatoms. The molecule has 1 aliphatic carbocycles. The van der Waals surface area contributed by atoms with E-state index in [1.807, 2.05) is 0 Å². The van der Waals surface area contributed by atoms with Gasteiger partial charge in [-0.3, -0.25) is 0 Å². The van der Waals surface area contributed by atoms with Crippen LogP contribution in [0.15, 0.2) is 34.8 Å². The molecule has 116 valence electrons. The van der Waals surface area contributed by atoms with Gasteiger partial charge in [-0.25, -0.2) is 0 Å². The maximum atomic E-state index is 3.87. The number of rotatable bonds is 6. The summed E-state index contributed by atoms with van der Waals surface area (Å²) in [6.07, 6.45) is 8.58. The maximum Gasteiger partial charge on any atom is 0.0213 e. The Hall–Kier alpha value is -1.08. The fourth-order valence-corrected chi connectivity index (χ4v) is 4.37. The topological polar surface area (TPSA) is 0 Å². The highest BCUT2D eigenvalue weighted by Gasteiger charge is 2.24. The van der Waals surface area contributed by atoms with Crippen LogP contribution in [0.25, 0.3) is 11.1 Å². The molecule has 0 radical (unpaired) electrons. The molecule has 0 aliphatic heterocycles. The Morgan fingerprint density at radius 2 is 1.59 bits per heavy atom. The lowest BCUT2D eigenvalue weighted by Gasteiger charge is -2.17. The van der Waals surface area contributed by atoms with Crippen LogP contribution in [0.5, 0.6) is 0 Å². The fraction of sp³-hybridized carbons (Fsp3) is 0.429. The first-order valence-corrected chi connectivity index (χ1v) is 9.47. The van der Waals surface area contributed by atoms with Crippen LogP contribution in [0.4, 0.5) is 0 Å². The number of unbranched alkanes of at least 4 members (excludes halogenated alkanes) is 2. The summed E-state index contributed by atoms with van der Waals surface area (Å²) in [7, 11) is 0. The highest BCUT2D eigenvalue weighted by Crippen LogP contribution is 2.43. The highest BCUT2D eigenvalue weighted by molar-refractivity contribution is 9.10. The Bertz CT molecular complexity index is 670. The summed E-state index contributed by atoms with van der Waals surface area (Å²) in [6.45, 7) is 4.57. The summed E-state index contributed by atoms with van der Waals surface area (Å²) in [6, 6.07) is 11.3. The van der Waals surface area contributed by atoms with Crippen molar-refractivity contribution in [3.8, 4) is 11.1 Å². The van der Waals surface area contributed by atoms with Gasteiger partial charge in [0.05, 0.1) is 0 Å². The normalized spacial score (nSPS) is 12.3. The van der Waals surface area contributed by atoms with E-state index in [-0.39, 0.29) is 0 Å². The molecule has 0 saturated heterocycles. The van der Waals surface area contributed by atoms with Crippen molar-refractivity contribution in [2.75, 3.05) is 0 Å². The number of fused-ring (bicyclic) bond motifs is 3. The molecule has 1 aliphatic rings. The smallest absolute Gasteiger partial charge is 0.0213 e. The largest absolute Gasteiger partial charge is 0.0654 e. The zero-order valence-corrected chi connectivity index (χ0v) is 15.3. The molecule has 0 saturated carbocycles. The van der Waals surface area contributed by atoms with E-state index in [0.29, 0.717) is 0 Å². The predicted octanol–water partition coefficient (Wildman–Crippen LogP) is 6.71. The van der Waals surface area contributed by atoms with Crippen LogP contribution >= 0.6 is 15.9 Å². The van der Waals surface area contributed by atoms with Crippen molar-refractivity contribution in [1.29, 1.82) is 0 Å². The third kappa shape index (κ3) is 2.88. The maximum absolute atomic E-state index is 3.87. The third-order valence-corrected chi connectivity index (χ3v) is 5.51. The van der Waals surface area contributed by atoms with Gasteiger partial charge >= 0.3 is 0 Å². The van der Waals surface area contributed by atoms with Gasteiger partial charge in [0.1, 0.15) is 0 Å². The molecule has 0 nitrogen and oxygen atoms in total. The molecular formula is C21H25Br. The molecule has 0 atom stereocenters. The summed E-state index contributed by atoms with van der Waals surface area (Å²) < 4.78 is 1.33. The average Bonchev–Trinajstić information content (AvgIpc) is 2.89. The molecule has 0 fully saturated rings. The molecule has 0 bridgehead atoms. The summed E-state index contributed by atoms with van der Waals surface area (Å²) in [5.41, 5.74) is 9.22. The zero-order valence-electron chi connectivity index (χ0n) is 13.7. The summed E-state index contributed by atoms with van der Waals surface area (Å²) in [5, 5.41) is 0. The van der Waals surface area contributed by atoms with E-state index in [1.165, 1.54) is 59.7 Å². The van der Waals surface area contributed by atoms with Crippen molar-refractivity contribution in [3.05, 3.63) is 57.1 Å². The standard InChI is InChI=1S/C21H25Br/c1-3-5-10-18-19(11-6-4-2)21-16(14-20(18)22)13-15-9-7-8-12-17(15)21/h7-9,12,14H,3-6,10-11,13H2,1-2H3. The van der Waals surface area contributed by atoms with Crippen LogP contribution in [-0.4, -0.2) is 0 Å². The van der Waals surface area contributed by atoms with E-state index >= 15 is 0 Å². The van der Waals surface area contributed by atoms with Crippen molar-refractivity contribution in [2.45, 2.75) is 58.8 Å². The monoisotopic (exact) mass is 356 g/mol. The molecule has 22 heavy (non-hydrogen) atoms. The molecule has 2 aromatic rings. The first-order valence-electron chi connectivity index (χ1n) is 8.67. The van der Waals surface area contributed by atoms with Gasteiger partial charge in [0, 0.05) is 4.47 Å². The van der Waals surface area contributed by atoms with Crippen LogP contribution in [-0.2, 0) is 19.3 Å². The van der Waals surface area contributed by atoms with E-state index in [4.69, 9.17) is 0 Å². The predicted molar refractivity (Wildman–Crippen MR) is 99.6 cm³/mol. The molecular weight excluding hydrogens is 332 g/mol. The Morgan fingerprint density at radius 3 is 2.32 bits per heavy atom. The van der Waals surface area contributed by atoms with E-state index in [0.717, 1.165) is 6.42 Å². The third-order valence-electron chi connectivity index (χ3n) is 4.80. The minimum Gasteiger partial charge on any atom is -0.0654 e. The van der Waals surface area contributed by atoms with Gasteiger partial charge < -0.3 is 0 Å². The van der Waals surface area contributed by atoms with Crippen molar-refractivity contribution in [1.82, 2.24) is 0 Å². The van der Waals surface area contributed by atoms with Crippen LogP contribution in [0.2, 0.25) is 0 Å².